The Bertz CT molecular complexity index is 560. The lowest BCUT2D eigenvalue weighted by molar-refractivity contribution is -0.142. The Morgan fingerprint density at radius 1 is 1.18 bits per heavy atom. The van der Waals surface area contributed by atoms with Gasteiger partial charge >= 0.3 is 5.97 Å². The molecule has 0 saturated carbocycles. The highest BCUT2D eigenvalue weighted by atomic mass is 16.6. The van der Waals surface area contributed by atoms with E-state index < -0.39 is 5.97 Å². The van der Waals surface area contributed by atoms with Crippen LogP contribution in [-0.4, -0.2) is 32.1 Å². The molecule has 0 aliphatic carbocycles. The second kappa shape index (κ2) is 8.87. The van der Waals surface area contributed by atoms with E-state index in [4.69, 9.17) is 9.47 Å². The van der Waals surface area contributed by atoms with Gasteiger partial charge in [0.15, 0.2) is 12.4 Å². The van der Waals surface area contributed by atoms with E-state index in [9.17, 15) is 9.59 Å². The molecule has 0 fully saturated rings. The van der Waals surface area contributed by atoms with Crippen molar-refractivity contribution in [1.82, 2.24) is 0 Å². The second-order valence-electron chi connectivity index (χ2n) is 4.79. The fraction of sp³-hybridized carbons (Fsp3) is 0.412. The number of methoxy groups -OCH3 is 1. The first-order valence-electron chi connectivity index (χ1n) is 7.11. The van der Waals surface area contributed by atoms with E-state index in [0.29, 0.717) is 23.7 Å². The number of ketones is 1. The highest BCUT2D eigenvalue weighted by molar-refractivity contribution is 5.97. The van der Waals surface area contributed by atoms with Gasteiger partial charge < -0.3 is 14.2 Å². The Balaban J connectivity index is 2.84. The van der Waals surface area contributed by atoms with Crippen molar-refractivity contribution in [3.63, 3.8) is 0 Å². The van der Waals surface area contributed by atoms with Crippen LogP contribution >= 0.6 is 0 Å². The molecule has 0 saturated heterocycles. The van der Waals surface area contributed by atoms with Crippen molar-refractivity contribution in [1.29, 1.82) is 0 Å². The highest BCUT2D eigenvalue weighted by Crippen LogP contribution is 2.25. The van der Waals surface area contributed by atoms with Crippen LogP contribution < -0.4 is 9.47 Å². The van der Waals surface area contributed by atoms with E-state index >= 15 is 0 Å². The molecule has 0 unspecified atom stereocenters. The van der Waals surface area contributed by atoms with Gasteiger partial charge in [-0.1, -0.05) is 12.5 Å². The Hall–Kier alpha value is -2.30. The Kier molecular flexibility index (Phi) is 7.16. The van der Waals surface area contributed by atoms with Crippen LogP contribution in [0.25, 0.3) is 0 Å². The third kappa shape index (κ3) is 5.60. The van der Waals surface area contributed by atoms with Crippen molar-refractivity contribution < 1.29 is 23.8 Å². The SMILES string of the molecule is CC/C(C)=C/COc1ccc(C(C)=O)c(OCC(=O)OC)c1. The minimum atomic E-state index is -0.512. The summed E-state index contributed by atoms with van der Waals surface area (Å²) in [4.78, 5) is 22.7. The number of hydrogen-bond donors (Lipinski definition) is 0. The molecule has 0 bridgehead atoms. The van der Waals surface area contributed by atoms with E-state index in [2.05, 4.69) is 11.7 Å². The Morgan fingerprint density at radius 2 is 1.91 bits per heavy atom. The summed E-state index contributed by atoms with van der Waals surface area (Å²) in [7, 11) is 1.28. The van der Waals surface area contributed by atoms with Crippen LogP contribution in [0, 0.1) is 0 Å². The lowest BCUT2D eigenvalue weighted by Crippen LogP contribution is -2.14. The molecule has 1 aromatic carbocycles. The zero-order valence-electron chi connectivity index (χ0n) is 13.5. The van der Waals surface area contributed by atoms with Gasteiger partial charge in [0.2, 0.25) is 0 Å². The first kappa shape index (κ1) is 17.8. The summed E-state index contributed by atoms with van der Waals surface area (Å²) in [6.07, 6.45) is 2.97. The molecule has 0 aromatic heterocycles. The molecule has 0 atom stereocenters. The molecule has 0 aliphatic heterocycles. The molecule has 1 rings (SSSR count). The van der Waals surface area contributed by atoms with Crippen molar-refractivity contribution in [2.24, 2.45) is 0 Å². The van der Waals surface area contributed by atoms with E-state index in [1.807, 2.05) is 13.0 Å². The molecule has 0 radical (unpaired) electrons. The van der Waals surface area contributed by atoms with E-state index in [0.717, 1.165) is 6.42 Å². The van der Waals surface area contributed by atoms with Gasteiger partial charge in [-0.3, -0.25) is 4.79 Å². The average Bonchev–Trinajstić information content (AvgIpc) is 2.52. The Labute approximate surface area is 130 Å². The van der Waals surface area contributed by atoms with Gasteiger partial charge in [0, 0.05) is 6.07 Å². The molecule has 0 spiro atoms. The average molecular weight is 306 g/mol. The van der Waals surface area contributed by atoms with Gasteiger partial charge in [0.05, 0.1) is 12.7 Å². The lowest BCUT2D eigenvalue weighted by Gasteiger charge is -2.11. The predicted octanol–water partition coefficient (Wildman–Crippen LogP) is 3.18. The van der Waals surface area contributed by atoms with Crippen LogP contribution in [0.3, 0.4) is 0 Å². The van der Waals surface area contributed by atoms with E-state index in [-0.39, 0.29) is 12.4 Å². The normalized spacial score (nSPS) is 11.0. The number of esters is 1. The minimum Gasteiger partial charge on any atom is -0.489 e. The first-order chi connectivity index (χ1) is 10.5. The van der Waals surface area contributed by atoms with Crippen molar-refractivity contribution >= 4 is 11.8 Å². The molecule has 0 N–H and O–H groups in total. The topological polar surface area (TPSA) is 61.8 Å². The van der Waals surface area contributed by atoms with Crippen LogP contribution in [0.2, 0.25) is 0 Å². The fourth-order valence-corrected chi connectivity index (χ4v) is 1.62. The van der Waals surface area contributed by atoms with Crippen molar-refractivity contribution in [3.8, 4) is 11.5 Å². The maximum absolute atomic E-state index is 11.6. The molecular formula is C17H22O5. The summed E-state index contributed by atoms with van der Waals surface area (Å²) >= 11 is 0. The number of hydrogen-bond acceptors (Lipinski definition) is 5. The maximum Gasteiger partial charge on any atom is 0.343 e. The molecule has 120 valence electrons. The number of carbonyl (C=O) groups is 2. The summed E-state index contributed by atoms with van der Waals surface area (Å²) in [6, 6.07) is 4.94. The van der Waals surface area contributed by atoms with Crippen LogP contribution in [0.1, 0.15) is 37.6 Å². The summed E-state index contributed by atoms with van der Waals surface area (Å²) in [5.41, 5.74) is 1.64. The largest absolute Gasteiger partial charge is 0.489 e. The standard InChI is InChI=1S/C17H22O5/c1-5-12(2)8-9-21-14-6-7-15(13(3)18)16(10-14)22-11-17(19)20-4/h6-8,10H,5,9,11H2,1-4H3/b12-8+. The van der Waals surface area contributed by atoms with Gasteiger partial charge in [-0.25, -0.2) is 4.79 Å². The molecule has 0 heterocycles. The number of Topliss-reactive ketones (excluding diaryl/α,β-unsaturated/α-hetero) is 1. The van der Waals surface area contributed by atoms with Crippen LogP contribution in [0.4, 0.5) is 0 Å². The highest BCUT2D eigenvalue weighted by Gasteiger charge is 2.12. The third-order valence-electron chi connectivity index (χ3n) is 3.15. The zero-order valence-corrected chi connectivity index (χ0v) is 13.5. The number of benzene rings is 1. The summed E-state index contributed by atoms with van der Waals surface area (Å²) in [6.45, 7) is 5.73. The predicted molar refractivity (Wildman–Crippen MR) is 83.5 cm³/mol. The summed E-state index contributed by atoms with van der Waals surface area (Å²) in [5.74, 6) is 0.229. The van der Waals surface area contributed by atoms with Gasteiger partial charge in [-0.2, -0.15) is 0 Å². The van der Waals surface area contributed by atoms with Gasteiger partial charge in [0.1, 0.15) is 18.1 Å². The lowest BCUT2D eigenvalue weighted by atomic mass is 10.1. The van der Waals surface area contributed by atoms with Crippen LogP contribution in [0.15, 0.2) is 29.8 Å². The number of allylic oxidation sites excluding steroid dienone is 1. The molecule has 22 heavy (non-hydrogen) atoms. The number of carbonyl (C=O) groups excluding carboxylic acids is 2. The smallest absolute Gasteiger partial charge is 0.343 e. The second-order valence-corrected chi connectivity index (χ2v) is 4.79. The van der Waals surface area contributed by atoms with Crippen LogP contribution in [-0.2, 0) is 9.53 Å². The maximum atomic E-state index is 11.6. The van der Waals surface area contributed by atoms with Crippen LogP contribution in [0.5, 0.6) is 11.5 Å². The van der Waals surface area contributed by atoms with Crippen molar-refractivity contribution in [2.45, 2.75) is 27.2 Å². The first-order valence-corrected chi connectivity index (χ1v) is 7.11. The Morgan fingerprint density at radius 3 is 2.50 bits per heavy atom. The summed E-state index contributed by atoms with van der Waals surface area (Å²) in [5, 5.41) is 0. The van der Waals surface area contributed by atoms with E-state index in [1.165, 1.54) is 19.6 Å². The van der Waals surface area contributed by atoms with Gasteiger partial charge in [0.25, 0.3) is 0 Å². The molecular weight excluding hydrogens is 284 g/mol. The van der Waals surface area contributed by atoms with Gasteiger partial charge in [-0.15, -0.1) is 0 Å². The number of rotatable bonds is 8. The molecule has 5 nitrogen and oxygen atoms in total. The zero-order chi connectivity index (χ0) is 16.5. The molecule has 0 aliphatic rings. The van der Waals surface area contributed by atoms with Crippen molar-refractivity contribution in [3.05, 3.63) is 35.4 Å². The van der Waals surface area contributed by atoms with Crippen molar-refractivity contribution in [2.75, 3.05) is 20.3 Å². The quantitative estimate of drug-likeness (QED) is 0.419. The minimum absolute atomic E-state index is 0.145. The molecule has 0 amide bonds. The fourth-order valence-electron chi connectivity index (χ4n) is 1.62. The third-order valence-corrected chi connectivity index (χ3v) is 3.15. The number of ether oxygens (including phenoxy) is 3. The van der Waals surface area contributed by atoms with E-state index in [1.54, 1.807) is 18.2 Å². The summed E-state index contributed by atoms with van der Waals surface area (Å²) < 4.78 is 15.5. The monoisotopic (exact) mass is 306 g/mol. The molecule has 1 aromatic rings. The van der Waals surface area contributed by atoms with Gasteiger partial charge in [-0.05, 0) is 38.5 Å². The molecule has 5 heteroatoms.